The molecule has 0 saturated carbocycles. The second-order valence-electron chi connectivity index (χ2n) is 4.76. The van der Waals surface area contributed by atoms with Crippen molar-refractivity contribution in [3.8, 4) is 0 Å². The molecule has 0 fully saturated rings. The highest BCUT2D eigenvalue weighted by Crippen LogP contribution is 2.24. The highest BCUT2D eigenvalue weighted by atomic mass is 32.2. The molecule has 0 radical (unpaired) electrons. The minimum Gasteiger partial charge on any atom is -0.394 e. The number of nitrogens with two attached hydrogens (primary N) is 1. The summed E-state index contributed by atoms with van der Waals surface area (Å²) < 4.78 is 53.5. The van der Waals surface area contributed by atoms with E-state index in [0.717, 1.165) is 25.0 Å². The van der Waals surface area contributed by atoms with Crippen LogP contribution in [0.3, 0.4) is 0 Å². The number of benzene rings is 1. The van der Waals surface area contributed by atoms with Gasteiger partial charge in [-0.3, -0.25) is 0 Å². The van der Waals surface area contributed by atoms with Crippen LogP contribution in [0, 0.1) is 17.6 Å². The smallest absolute Gasteiger partial charge is 0.243 e. The Morgan fingerprint density at radius 3 is 2.30 bits per heavy atom. The Kier molecular flexibility index (Phi) is 5.47. The number of sulfonamides is 1. The fourth-order valence-electron chi connectivity index (χ4n) is 2.16. The van der Waals surface area contributed by atoms with Crippen LogP contribution < -0.4 is 10.5 Å². The molecule has 114 valence electrons. The molecule has 4 nitrogen and oxygen atoms in total. The molecule has 20 heavy (non-hydrogen) atoms. The molecule has 0 aromatic heterocycles. The van der Waals surface area contributed by atoms with E-state index in [1.165, 1.54) is 0 Å². The molecule has 0 spiro atoms. The lowest BCUT2D eigenvalue weighted by Gasteiger charge is -2.22. The Hall–Kier alpha value is -1.21. The van der Waals surface area contributed by atoms with Crippen molar-refractivity contribution >= 4 is 15.7 Å². The molecule has 3 N–H and O–H groups in total. The van der Waals surface area contributed by atoms with E-state index in [9.17, 15) is 17.2 Å². The van der Waals surface area contributed by atoms with E-state index >= 15 is 0 Å². The van der Waals surface area contributed by atoms with Crippen LogP contribution in [-0.4, -0.2) is 14.5 Å². The van der Waals surface area contributed by atoms with Gasteiger partial charge < -0.3 is 5.73 Å². The number of hydrogen-bond donors (Lipinski definition) is 2. The lowest BCUT2D eigenvalue weighted by Crippen LogP contribution is -2.38. The number of nitrogen functional groups attached to an aromatic ring is 1. The fraction of sp³-hybridized carbons (Fsp3) is 0.538. The summed E-state index contributed by atoms with van der Waals surface area (Å²) >= 11 is 0. The summed E-state index contributed by atoms with van der Waals surface area (Å²) in [5.41, 5.74) is 4.39. The van der Waals surface area contributed by atoms with Gasteiger partial charge in [0.15, 0.2) is 5.82 Å². The van der Waals surface area contributed by atoms with Gasteiger partial charge in [-0.15, -0.1) is 0 Å². The third-order valence-corrected chi connectivity index (χ3v) is 5.05. The summed E-state index contributed by atoms with van der Waals surface area (Å²) in [6.07, 6.45) is 1.60. The Labute approximate surface area is 118 Å². The maximum Gasteiger partial charge on any atom is 0.243 e. The molecular formula is C13H20F2N2O2S. The van der Waals surface area contributed by atoms with Gasteiger partial charge in [-0.05, 0) is 25.0 Å². The Bertz CT molecular complexity index is 572. The lowest BCUT2D eigenvalue weighted by atomic mass is 9.96. The average Bonchev–Trinajstić information content (AvgIpc) is 2.36. The number of anilines is 1. The van der Waals surface area contributed by atoms with E-state index < -0.39 is 32.2 Å². The average molecular weight is 306 g/mol. The minimum absolute atomic E-state index is 0.144. The molecule has 0 amide bonds. The molecule has 1 rings (SSSR count). The molecular weight excluding hydrogens is 286 g/mol. The predicted octanol–water partition coefficient (Wildman–Crippen LogP) is 2.65. The monoisotopic (exact) mass is 306 g/mol. The molecule has 7 heteroatoms. The van der Waals surface area contributed by atoms with Gasteiger partial charge >= 0.3 is 0 Å². The third-order valence-electron chi connectivity index (χ3n) is 3.48. The largest absolute Gasteiger partial charge is 0.394 e. The SMILES string of the molecule is CCC(CC)C(C)NS(=O)(=O)c1ccc(F)c(N)c1F. The zero-order valence-corrected chi connectivity index (χ0v) is 12.6. The molecule has 1 unspecified atom stereocenters. The van der Waals surface area contributed by atoms with E-state index in [0.29, 0.717) is 0 Å². The van der Waals surface area contributed by atoms with E-state index in [4.69, 9.17) is 5.73 Å². The van der Waals surface area contributed by atoms with Crippen LogP contribution in [-0.2, 0) is 10.0 Å². The molecule has 0 aliphatic rings. The summed E-state index contributed by atoms with van der Waals surface area (Å²) in [4.78, 5) is -0.630. The van der Waals surface area contributed by atoms with Crippen molar-refractivity contribution in [3.63, 3.8) is 0 Å². The standard InChI is InChI=1S/C13H20F2N2O2S/c1-4-9(5-2)8(3)17-20(18,19)11-7-6-10(14)13(16)12(11)15/h6-9,17H,4-5,16H2,1-3H3. The van der Waals surface area contributed by atoms with Gasteiger partial charge in [0.1, 0.15) is 16.4 Å². The maximum atomic E-state index is 13.8. The van der Waals surface area contributed by atoms with Crippen LogP contribution in [0.2, 0.25) is 0 Å². The molecule has 0 aliphatic carbocycles. The van der Waals surface area contributed by atoms with E-state index in [1.807, 2.05) is 13.8 Å². The normalized spacial score (nSPS) is 13.7. The summed E-state index contributed by atoms with van der Waals surface area (Å²) in [5.74, 6) is -2.09. The van der Waals surface area contributed by atoms with Crippen LogP contribution >= 0.6 is 0 Å². The Morgan fingerprint density at radius 1 is 1.25 bits per heavy atom. The van der Waals surface area contributed by atoms with Crippen LogP contribution in [0.1, 0.15) is 33.6 Å². The fourth-order valence-corrected chi connectivity index (χ4v) is 3.56. The van der Waals surface area contributed by atoms with E-state index in [-0.39, 0.29) is 12.0 Å². The third kappa shape index (κ3) is 3.46. The minimum atomic E-state index is -4.07. The molecule has 0 heterocycles. The quantitative estimate of drug-likeness (QED) is 0.794. The van der Waals surface area contributed by atoms with Crippen molar-refractivity contribution in [2.75, 3.05) is 5.73 Å². The van der Waals surface area contributed by atoms with Crippen molar-refractivity contribution < 1.29 is 17.2 Å². The number of halogens is 2. The van der Waals surface area contributed by atoms with Gasteiger partial charge in [0, 0.05) is 6.04 Å². The zero-order chi connectivity index (χ0) is 15.5. The van der Waals surface area contributed by atoms with E-state index in [1.54, 1.807) is 6.92 Å². The first-order valence-corrected chi connectivity index (χ1v) is 7.98. The number of rotatable bonds is 6. The summed E-state index contributed by atoms with van der Waals surface area (Å²) in [6.45, 7) is 5.63. The summed E-state index contributed by atoms with van der Waals surface area (Å²) in [6, 6.07) is 1.37. The van der Waals surface area contributed by atoms with Crippen LogP contribution in [0.15, 0.2) is 17.0 Å². The highest BCUT2D eigenvalue weighted by Gasteiger charge is 2.26. The first-order valence-electron chi connectivity index (χ1n) is 6.50. The Balaban J connectivity index is 3.09. The van der Waals surface area contributed by atoms with Crippen molar-refractivity contribution in [3.05, 3.63) is 23.8 Å². The maximum absolute atomic E-state index is 13.8. The van der Waals surface area contributed by atoms with Crippen molar-refractivity contribution in [1.29, 1.82) is 0 Å². The molecule has 0 saturated heterocycles. The van der Waals surface area contributed by atoms with Gasteiger partial charge in [-0.1, -0.05) is 26.7 Å². The second kappa shape index (κ2) is 6.49. The van der Waals surface area contributed by atoms with Gasteiger partial charge in [-0.25, -0.2) is 21.9 Å². The van der Waals surface area contributed by atoms with Crippen LogP contribution in [0.25, 0.3) is 0 Å². The van der Waals surface area contributed by atoms with Crippen LogP contribution in [0.5, 0.6) is 0 Å². The van der Waals surface area contributed by atoms with Gasteiger partial charge in [0.05, 0.1) is 0 Å². The van der Waals surface area contributed by atoms with Crippen molar-refractivity contribution in [2.45, 2.75) is 44.6 Å². The topological polar surface area (TPSA) is 72.2 Å². The molecule has 1 atom stereocenters. The summed E-state index contributed by atoms with van der Waals surface area (Å²) in [7, 11) is -4.07. The molecule has 0 bridgehead atoms. The summed E-state index contributed by atoms with van der Waals surface area (Å²) in [5, 5.41) is 0. The first-order chi connectivity index (χ1) is 9.24. The van der Waals surface area contributed by atoms with Crippen molar-refractivity contribution in [2.24, 2.45) is 5.92 Å². The number of nitrogens with one attached hydrogen (secondary N) is 1. The van der Waals surface area contributed by atoms with Gasteiger partial charge in [0.2, 0.25) is 10.0 Å². The predicted molar refractivity (Wildman–Crippen MR) is 74.6 cm³/mol. The Morgan fingerprint density at radius 2 is 1.80 bits per heavy atom. The highest BCUT2D eigenvalue weighted by molar-refractivity contribution is 7.89. The first kappa shape index (κ1) is 16.8. The zero-order valence-electron chi connectivity index (χ0n) is 11.8. The van der Waals surface area contributed by atoms with Gasteiger partial charge in [0.25, 0.3) is 0 Å². The molecule has 0 aliphatic heterocycles. The lowest BCUT2D eigenvalue weighted by molar-refractivity contribution is 0.390. The van der Waals surface area contributed by atoms with E-state index in [2.05, 4.69) is 4.72 Å². The van der Waals surface area contributed by atoms with Crippen LogP contribution in [0.4, 0.5) is 14.5 Å². The number of hydrogen-bond acceptors (Lipinski definition) is 3. The van der Waals surface area contributed by atoms with Crippen molar-refractivity contribution in [1.82, 2.24) is 4.72 Å². The van der Waals surface area contributed by atoms with Gasteiger partial charge in [-0.2, -0.15) is 0 Å². The molecule has 1 aromatic carbocycles. The second-order valence-corrected chi connectivity index (χ2v) is 6.44. The molecule has 1 aromatic rings.